The Balaban J connectivity index is 2.18. The second kappa shape index (κ2) is 6.85. The maximum atomic E-state index is 14.2. The quantitative estimate of drug-likeness (QED) is 0.662. The molecule has 1 aromatic heterocycles. The van der Waals surface area contributed by atoms with Gasteiger partial charge in [0.1, 0.15) is 5.82 Å². The number of hydrogen-bond donors (Lipinski definition) is 0. The van der Waals surface area contributed by atoms with Crippen molar-refractivity contribution in [2.45, 2.75) is 24.3 Å². The van der Waals surface area contributed by atoms with Gasteiger partial charge in [-0.3, -0.25) is 4.57 Å². The highest BCUT2D eigenvalue weighted by Gasteiger charge is 2.20. The molecule has 0 unspecified atom stereocenters. The Kier molecular flexibility index (Phi) is 4.63. The number of nitriles is 1. The van der Waals surface area contributed by atoms with Crippen LogP contribution in [0.4, 0.5) is 4.39 Å². The molecule has 6 heteroatoms. The van der Waals surface area contributed by atoms with Crippen molar-refractivity contribution in [1.82, 2.24) is 14.8 Å². The fraction of sp³-hybridized carbons (Fsp3) is 0.167. The van der Waals surface area contributed by atoms with E-state index in [1.165, 1.54) is 17.8 Å². The van der Waals surface area contributed by atoms with E-state index in [0.717, 1.165) is 11.3 Å². The lowest BCUT2D eigenvalue weighted by atomic mass is 10.2. The van der Waals surface area contributed by atoms with Crippen molar-refractivity contribution in [2.24, 2.45) is 0 Å². The standard InChI is InChI=1S/C18H15FN4S/c1-12-7-9-14(10-8-12)23-17(15-5-3-4-6-16(15)19)21-22-18(23)24-13(2)11-20/h3-10,13H,1-2H3/t13-/m0/s1. The summed E-state index contributed by atoms with van der Waals surface area (Å²) >= 11 is 1.30. The molecule has 0 saturated carbocycles. The van der Waals surface area contributed by atoms with Crippen LogP contribution in [0.15, 0.2) is 53.7 Å². The Morgan fingerprint density at radius 3 is 2.50 bits per heavy atom. The fourth-order valence-electron chi connectivity index (χ4n) is 2.27. The molecule has 3 aromatic rings. The van der Waals surface area contributed by atoms with Gasteiger partial charge in [-0.05, 0) is 38.1 Å². The van der Waals surface area contributed by atoms with Crippen LogP contribution in [0.3, 0.4) is 0 Å². The molecule has 120 valence electrons. The van der Waals surface area contributed by atoms with Crippen molar-refractivity contribution in [1.29, 1.82) is 5.26 Å². The van der Waals surface area contributed by atoms with Crippen LogP contribution in [0, 0.1) is 24.1 Å². The summed E-state index contributed by atoms with van der Waals surface area (Å²) in [5.41, 5.74) is 2.33. The zero-order valence-electron chi connectivity index (χ0n) is 13.3. The molecule has 0 N–H and O–H groups in total. The van der Waals surface area contributed by atoms with Crippen LogP contribution in [0.5, 0.6) is 0 Å². The number of aromatic nitrogens is 3. The second-order valence-electron chi connectivity index (χ2n) is 5.35. The number of thioether (sulfide) groups is 1. The van der Waals surface area contributed by atoms with Crippen molar-refractivity contribution in [3.8, 4) is 23.1 Å². The lowest BCUT2D eigenvalue weighted by Crippen LogP contribution is -2.02. The summed E-state index contributed by atoms with van der Waals surface area (Å²) in [7, 11) is 0. The third kappa shape index (κ3) is 3.17. The fourth-order valence-corrected chi connectivity index (χ4v) is 3.03. The molecule has 0 aliphatic carbocycles. The highest BCUT2D eigenvalue weighted by atomic mass is 32.2. The lowest BCUT2D eigenvalue weighted by molar-refractivity contribution is 0.629. The highest BCUT2D eigenvalue weighted by Crippen LogP contribution is 2.31. The Bertz CT molecular complexity index is 896. The van der Waals surface area contributed by atoms with E-state index in [1.807, 2.05) is 31.2 Å². The third-order valence-corrected chi connectivity index (χ3v) is 4.44. The molecule has 1 heterocycles. The molecule has 0 spiro atoms. The molecule has 0 radical (unpaired) electrons. The maximum Gasteiger partial charge on any atom is 0.197 e. The predicted molar refractivity (Wildman–Crippen MR) is 92.4 cm³/mol. The summed E-state index contributed by atoms with van der Waals surface area (Å²) in [6.45, 7) is 3.79. The van der Waals surface area contributed by atoms with Gasteiger partial charge in [-0.25, -0.2) is 4.39 Å². The van der Waals surface area contributed by atoms with Gasteiger partial charge < -0.3 is 0 Å². The van der Waals surface area contributed by atoms with Crippen LogP contribution in [0.25, 0.3) is 17.1 Å². The van der Waals surface area contributed by atoms with E-state index in [1.54, 1.807) is 29.7 Å². The van der Waals surface area contributed by atoms with Gasteiger partial charge in [-0.2, -0.15) is 5.26 Å². The van der Waals surface area contributed by atoms with Crippen LogP contribution in [-0.4, -0.2) is 20.0 Å². The maximum absolute atomic E-state index is 14.2. The molecule has 0 bridgehead atoms. The molecular weight excluding hydrogens is 323 g/mol. The Hall–Kier alpha value is -2.65. The Morgan fingerprint density at radius 1 is 1.12 bits per heavy atom. The predicted octanol–water partition coefficient (Wildman–Crippen LogP) is 4.39. The van der Waals surface area contributed by atoms with Gasteiger partial charge in [0.2, 0.25) is 0 Å². The molecule has 0 fully saturated rings. The first kappa shape index (κ1) is 16.2. The van der Waals surface area contributed by atoms with Crippen molar-refractivity contribution in [3.63, 3.8) is 0 Å². The van der Waals surface area contributed by atoms with E-state index in [2.05, 4.69) is 16.3 Å². The van der Waals surface area contributed by atoms with Crippen LogP contribution < -0.4 is 0 Å². The monoisotopic (exact) mass is 338 g/mol. The molecule has 2 aromatic carbocycles. The molecule has 0 amide bonds. The number of nitrogens with zero attached hydrogens (tertiary/aromatic N) is 4. The minimum Gasteiger partial charge on any atom is -0.270 e. The van der Waals surface area contributed by atoms with E-state index in [4.69, 9.17) is 5.26 Å². The largest absolute Gasteiger partial charge is 0.270 e. The summed E-state index contributed by atoms with van der Waals surface area (Å²) in [5.74, 6) is 0.0627. The van der Waals surface area contributed by atoms with E-state index in [-0.39, 0.29) is 11.1 Å². The van der Waals surface area contributed by atoms with Crippen molar-refractivity contribution in [2.75, 3.05) is 0 Å². The van der Waals surface area contributed by atoms with Gasteiger partial charge in [-0.15, -0.1) is 10.2 Å². The molecule has 4 nitrogen and oxygen atoms in total. The van der Waals surface area contributed by atoms with Crippen LogP contribution in [-0.2, 0) is 0 Å². The summed E-state index contributed by atoms with van der Waals surface area (Å²) in [6, 6.07) is 16.5. The van der Waals surface area contributed by atoms with Crippen LogP contribution in [0.1, 0.15) is 12.5 Å². The zero-order valence-corrected chi connectivity index (χ0v) is 14.1. The van der Waals surface area contributed by atoms with Gasteiger partial charge in [-0.1, -0.05) is 41.6 Å². The van der Waals surface area contributed by atoms with Gasteiger partial charge in [0.05, 0.1) is 16.9 Å². The number of benzene rings is 2. The average molecular weight is 338 g/mol. The molecule has 0 saturated heterocycles. The van der Waals surface area contributed by atoms with E-state index in [0.29, 0.717) is 16.5 Å². The van der Waals surface area contributed by atoms with Crippen molar-refractivity contribution in [3.05, 3.63) is 59.9 Å². The number of aryl methyl sites for hydroxylation is 1. The second-order valence-corrected chi connectivity index (χ2v) is 6.65. The lowest BCUT2D eigenvalue weighted by Gasteiger charge is -2.11. The first-order chi connectivity index (χ1) is 11.6. The number of hydrogen-bond acceptors (Lipinski definition) is 4. The SMILES string of the molecule is Cc1ccc(-n2c(S[C@@H](C)C#N)nnc2-c2ccccc2F)cc1. The minimum absolute atomic E-state index is 0.285. The smallest absolute Gasteiger partial charge is 0.197 e. The van der Waals surface area contributed by atoms with Gasteiger partial charge in [0, 0.05) is 5.69 Å². The molecular formula is C18H15FN4S. The normalized spacial score (nSPS) is 11.9. The molecule has 0 aliphatic rings. The highest BCUT2D eigenvalue weighted by molar-refractivity contribution is 8.00. The van der Waals surface area contributed by atoms with Crippen LogP contribution >= 0.6 is 11.8 Å². The summed E-state index contributed by atoms with van der Waals surface area (Å²) in [4.78, 5) is 0. The van der Waals surface area contributed by atoms with Gasteiger partial charge in [0.15, 0.2) is 11.0 Å². The Labute approximate surface area is 144 Å². The van der Waals surface area contributed by atoms with Gasteiger partial charge >= 0.3 is 0 Å². The first-order valence-corrected chi connectivity index (χ1v) is 8.31. The van der Waals surface area contributed by atoms with Crippen molar-refractivity contribution >= 4 is 11.8 Å². The molecule has 0 aliphatic heterocycles. The van der Waals surface area contributed by atoms with Gasteiger partial charge in [0.25, 0.3) is 0 Å². The Morgan fingerprint density at radius 2 is 1.83 bits per heavy atom. The van der Waals surface area contributed by atoms with E-state index in [9.17, 15) is 4.39 Å². The van der Waals surface area contributed by atoms with E-state index >= 15 is 0 Å². The number of rotatable bonds is 4. The summed E-state index contributed by atoms with van der Waals surface area (Å²) < 4.78 is 16.0. The van der Waals surface area contributed by atoms with Crippen molar-refractivity contribution < 1.29 is 4.39 Å². The molecule has 1 atom stereocenters. The van der Waals surface area contributed by atoms with E-state index < -0.39 is 0 Å². The minimum atomic E-state index is -0.358. The van der Waals surface area contributed by atoms with Crippen LogP contribution in [0.2, 0.25) is 0 Å². The topological polar surface area (TPSA) is 54.5 Å². The summed E-state index contributed by atoms with van der Waals surface area (Å²) in [5, 5.41) is 17.7. The third-order valence-electron chi connectivity index (χ3n) is 3.50. The zero-order chi connectivity index (χ0) is 17.1. The molecule has 3 rings (SSSR count). The average Bonchev–Trinajstić information content (AvgIpc) is 2.99. The first-order valence-electron chi connectivity index (χ1n) is 7.44. The number of halogens is 1. The summed E-state index contributed by atoms with van der Waals surface area (Å²) in [6.07, 6.45) is 0. The molecule has 24 heavy (non-hydrogen) atoms.